The summed E-state index contributed by atoms with van der Waals surface area (Å²) in [7, 11) is 1.44. The lowest BCUT2D eigenvalue weighted by atomic mass is 9.82. The lowest BCUT2D eigenvalue weighted by Gasteiger charge is -2.44. The van der Waals surface area contributed by atoms with Crippen LogP contribution in [0.25, 0.3) is 0 Å². The van der Waals surface area contributed by atoms with Crippen LogP contribution in [0.15, 0.2) is 36.4 Å². The van der Waals surface area contributed by atoms with Crippen molar-refractivity contribution in [2.75, 3.05) is 33.2 Å². The maximum Gasteiger partial charge on any atom is 0.416 e. The molecule has 0 bridgehead atoms. The zero-order valence-electron chi connectivity index (χ0n) is 24.6. The Labute approximate surface area is 250 Å². The number of rotatable bonds is 5. The molecule has 2 heterocycles. The monoisotopic (exact) mass is 629 g/mol. The van der Waals surface area contributed by atoms with Crippen molar-refractivity contribution in [1.82, 2.24) is 14.7 Å². The molecule has 0 aliphatic carbocycles. The Bertz CT molecular complexity index is 1370. The van der Waals surface area contributed by atoms with E-state index in [-0.39, 0.29) is 43.3 Å². The summed E-state index contributed by atoms with van der Waals surface area (Å²) in [5.74, 6) is -2.10. The Hall–Kier alpha value is -3.64. The van der Waals surface area contributed by atoms with Crippen LogP contribution in [-0.2, 0) is 33.2 Å². The number of hydrogen-bond acceptors (Lipinski definition) is 3. The van der Waals surface area contributed by atoms with Crippen LogP contribution in [0.1, 0.15) is 59.9 Å². The van der Waals surface area contributed by atoms with Gasteiger partial charge in [-0.2, -0.15) is 26.3 Å². The minimum atomic E-state index is -5.04. The zero-order valence-corrected chi connectivity index (χ0v) is 24.6. The van der Waals surface area contributed by atoms with E-state index in [1.165, 1.54) is 31.0 Å². The second-order valence-corrected chi connectivity index (χ2v) is 11.6. The minimum absolute atomic E-state index is 0.0156. The molecule has 2 atom stereocenters. The molecule has 2 aromatic rings. The van der Waals surface area contributed by atoms with E-state index in [0.717, 1.165) is 0 Å². The molecule has 0 unspecified atom stereocenters. The van der Waals surface area contributed by atoms with Crippen LogP contribution in [0.2, 0.25) is 0 Å². The van der Waals surface area contributed by atoms with Gasteiger partial charge in [-0.15, -0.1) is 0 Å². The Kier molecular flexibility index (Phi) is 9.65. The molecule has 2 fully saturated rings. The molecular weight excluding hydrogens is 595 g/mol. The fourth-order valence-electron chi connectivity index (χ4n) is 6.27. The van der Waals surface area contributed by atoms with Gasteiger partial charge in [0, 0.05) is 58.0 Å². The first kappa shape index (κ1) is 33.3. The highest BCUT2D eigenvalue weighted by Crippen LogP contribution is 2.38. The van der Waals surface area contributed by atoms with Crippen LogP contribution in [0.5, 0.6) is 0 Å². The first-order valence-electron chi connectivity index (χ1n) is 14.3. The molecular formula is C31H34F7N3O3. The van der Waals surface area contributed by atoms with E-state index >= 15 is 0 Å². The van der Waals surface area contributed by atoms with Crippen LogP contribution in [0.4, 0.5) is 30.7 Å². The fourth-order valence-corrected chi connectivity index (χ4v) is 6.27. The van der Waals surface area contributed by atoms with E-state index in [9.17, 15) is 45.1 Å². The molecule has 0 saturated carbocycles. The number of nitrogens with zero attached hydrogens (tertiary/aromatic N) is 3. The van der Waals surface area contributed by atoms with E-state index < -0.39 is 59.1 Å². The third-order valence-corrected chi connectivity index (χ3v) is 8.70. The minimum Gasteiger partial charge on any atom is -0.343 e. The maximum atomic E-state index is 14.0. The van der Waals surface area contributed by atoms with Crippen LogP contribution < -0.4 is 0 Å². The van der Waals surface area contributed by atoms with Gasteiger partial charge in [0.15, 0.2) is 0 Å². The molecule has 240 valence electrons. The molecule has 2 aromatic carbocycles. The van der Waals surface area contributed by atoms with Crippen molar-refractivity contribution >= 4 is 17.7 Å². The average molecular weight is 630 g/mol. The normalized spacial score (nSPS) is 20.0. The van der Waals surface area contributed by atoms with Crippen molar-refractivity contribution in [3.63, 3.8) is 0 Å². The van der Waals surface area contributed by atoms with Crippen molar-refractivity contribution in [3.8, 4) is 0 Å². The Morgan fingerprint density at radius 2 is 1.43 bits per heavy atom. The second-order valence-electron chi connectivity index (χ2n) is 11.6. The number of halogens is 7. The van der Waals surface area contributed by atoms with E-state index in [1.54, 1.807) is 22.8 Å². The van der Waals surface area contributed by atoms with Gasteiger partial charge in [0.1, 0.15) is 5.82 Å². The molecule has 44 heavy (non-hydrogen) atoms. The van der Waals surface area contributed by atoms with Crippen LogP contribution in [0.3, 0.4) is 0 Å². The van der Waals surface area contributed by atoms with Gasteiger partial charge in [-0.1, -0.05) is 6.07 Å². The van der Waals surface area contributed by atoms with Gasteiger partial charge < -0.3 is 14.7 Å². The molecule has 6 nitrogen and oxygen atoms in total. The summed E-state index contributed by atoms with van der Waals surface area (Å²) in [5, 5.41) is 0. The molecule has 4 rings (SSSR count). The Morgan fingerprint density at radius 3 is 1.95 bits per heavy atom. The summed E-state index contributed by atoms with van der Waals surface area (Å²) in [6.07, 6.45) is -9.48. The highest BCUT2D eigenvalue weighted by atomic mass is 19.4. The number of likely N-dealkylation sites (tertiary alicyclic amines) is 2. The molecule has 2 saturated heterocycles. The van der Waals surface area contributed by atoms with Crippen LogP contribution >= 0.6 is 0 Å². The van der Waals surface area contributed by atoms with Gasteiger partial charge in [-0.05, 0) is 73.2 Å². The van der Waals surface area contributed by atoms with Gasteiger partial charge in [0.05, 0.1) is 17.5 Å². The van der Waals surface area contributed by atoms with E-state index in [4.69, 9.17) is 0 Å². The lowest BCUT2D eigenvalue weighted by Crippen LogP contribution is -2.54. The predicted octanol–water partition coefficient (Wildman–Crippen LogP) is 5.82. The average Bonchev–Trinajstić information content (AvgIpc) is 2.95. The quantitative estimate of drug-likeness (QED) is 0.392. The lowest BCUT2D eigenvalue weighted by molar-refractivity contribution is -0.144. The van der Waals surface area contributed by atoms with Crippen LogP contribution in [-0.4, -0.2) is 71.7 Å². The third-order valence-electron chi connectivity index (χ3n) is 8.70. The Balaban J connectivity index is 1.58. The standard InChI is InChI=1S/C31H34F7N3O3/c1-18-12-24(32)4-5-25(18)26-17-41(29(44)21-6-9-40(10-7-21)19(2)42)11-8-27(26)39(3)28(43)15-20-13-22(30(33,34)35)16-23(14-20)31(36,37)38/h4-5,12-14,16,21,26-27H,6-11,15,17H2,1-3H3/t26-,27+/m1/s1. The summed E-state index contributed by atoms with van der Waals surface area (Å²) in [6, 6.07) is 4.70. The number of likely N-dealkylation sites (N-methyl/N-ethyl adjacent to an activating group) is 1. The summed E-state index contributed by atoms with van der Waals surface area (Å²) in [5.41, 5.74) is -2.17. The van der Waals surface area contributed by atoms with E-state index in [2.05, 4.69) is 0 Å². The van der Waals surface area contributed by atoms with E-state index in [0.29, 0.717) is 49.2 Å². The maximum absolute atomic E-state index is 14.0. The number of carbonyl (C=O) groups excluding carboxylic acids is 3. The zero-order chi connectivity index (χ0) is 32.6. The van der Waals surface area contributed by atoms with Crippen molar-refractivity contribution in [2.24, 2.45) is 5.92 Å². The van der Waals surface area contributed by atoms with Gasteiger partial charge in [0.2, 0.25) is 17.7 Å². The molecule has 13 heteroatoms. The van der Waals surface area contributed by atoms with Crippen molar-refractivity contribution in [2.45, 2.75) is 63.8 Å². The first-order chi connectivity index (χ1) is 20.5. The third kappa shape index (κ3) is 7.52. The summed E-state index contributed by atoms with van der Waals surface area (Å²) in [4.78, 5) is 43.3. The van der Waals surface area contributed by atoms with Crippen LogP contribution in [0, 0.1) is 18.7 Å². The number of benzene rings is 2. The van der Waals surface area contributed by atoms with Crippen molar-refractivity contribution < 1.29 is 45.1 Å². The molecule has 2 aliphatic heterocycles. The number of alkyl halides is 6. The summed E-state index contributed by atoms with van der Waals surface area (Å²) < 4.78 is 94.3. The highest BCUT2D eigenvalue weighted by molar-refractivity contribution is 5.81. The Morgan fingerprint density at radius 1 is 0.864 bits per heavy atom. The molecule has 0 radical (unpaired) electrons. The highest BCUT2D eigenvalue weighted by Gasteiger charge is 2.40. The summed E-state index contributed by atoms with van der Waals surface area (Å²) >= 11 is 0. The van der Waals surface area contributed by atoms with Gasteiger partial charge in [-0.3, -0.25) is 14.4 Å². The smallest absolute Gasteiger partial charge is 0.343 e. The molecule has 3 amide bonds. The molecule has 0 aromatic heterocycles. The van der Waals surface area contributed by atoms with Gasteiger partial charge >= 0.3 is 12.4 Å². The number of amides is 3. The molecule has 0 N–H and O–H groups in total. The van der Waals surface area contributed by atoms with Gasteiger partial charge in [-0.25, -0.2) is 4.39 Å². The van der Waals surface area contributed by atoms with Crippen molar-refractivity contribution in [1.29, 1.82) is 0 Å². The predicted molar refractivity (Wildman–Crippen MR) is 147 cm³/mol. The van der Waals surface area contributed by atoms with Crippen molar-refractivity contribution in [3.05, 3.63) is 70.0 Å². The van der Waals surface area contributed by atoms with E-state index in [1.807, 2.05) is 0 Å². The molecule has 0 spiro atoms. The fraction of sp³-hybridized carbons (Fsp3) is 0.516. The topological polar surface area (TPSA) is 60.9 Å². The largest absolute Gasteiger partial charge is 0.416 e. The number of carbonyl (C=O) groups is 3. The number of aryl methyl sites for hydroxylation is 1. The number of piperidine rings is 2. The summed E-state index contributed by atoms with van der Waals surface area (Å²) in [6.45, 7) is 4.55. The second kappa shape index (κ2) is 12.8. The van der Waals surface area contributed by atoms with Gasteiger partial charge in [0.25, 0.3) is 0 Å². The molecule has 2 aliphatic rings. The first-order valence-corrected chi connectivity index (χ1v) is 14.3. The SMILES string of the molecule is CC(=O)N1CCC(C(=O)N2CC[C@H](N(C)C(=O)Cc3cc(C(F)(F)F)cc(C(F)(F)F)c3)[C@@H](c3ccc(F)cc3C)C2)CC1. The number of hydrogen-bond donors (Lipinski definition) is 0.